The van der Waals surface area contributed by atoms with Crippen molar-refractivity contribution in [2.75, 3.05) is 0 Å². The topological polar surface area (TPSA) is 44.5 Å². The number of hydrogen-bond acceptors (Lipinski definition) is 3. The van der Waals surface area contributed by atoms with Gasteiger partial charge in [0.05, 0.1) is 13.2 Å². The van der Waals surface area contributed by atoms with Gasteiger partial charge in [-0.1, -0.05) is 60.7 Å². The summed E-state index contributed by atoms with van der Waals surface area (Å²) in [6.45, 7) is 1.11. The van der Waals surface area contributed by atoms with Gasteiger partial charge in [0.25, 0.3) is 0 Å². The van der Waals surface area contributed by atoms with Crippen molar-refractivity contribution in [3.8, 4) is 0 Å². The molecule has 3 heteroatoms. The fraction of sp³-hybridized carbons (Fsp3) is 0.368. The van der Waals surface area contributed by atoms with Crippen LogP contribution < -0.4 is 5.73 Å². The Morgan fingerprint density at radius 2 is 1.50 bits per heavy atom. The van der Waals surface area contributed by atoms with Crippen molar-refractivity contribution in [3.63, 3.8) is 0 Å². The second-order valence-corrected chi connectivity index (χ2v) is 5.91. The summed E-state index contributed by atoms with van der Waals surface area (Å²) < 4.78 is 12.1. The van der Waals surface area contributed by atoms with Crippen LogP contribution in [0.4, 0.5) is 0 Å². The van der Waals surface area contributed by atoms with E-state index in [4.69, 9.17) is 15.2 Å². The van der Waals surface area contributed by atoms with Crippen LogP contribution in [0.2, 0.25) is 0 Å². The third-order valence-electron chi connectivity index (χ3n) is 4.22. The normalized spacial score (nSPS) is 24.5. The molecule has 1 aliphatic rings. The van der Waals surface area contributed by atoms with Crippen molar-refractivity contribution < 1.29 is 9.47 Å². The summed E-state index contributed by atoms with van der Waals surface area (Å²) in [6, 6.07) is 20.3. The van der Waals surface area contributed by atoms with Crippen LogP contribution in [-0.2, 0) is 22.7 Å². The van der Waals surface area contributed by atoms with E-state index in [1.54, 1.807) is 0 Å². The van der Waals surface area contributed by atoms with Crippen molar-refractivity contribution in [3.05, 3.63) is 71.8 Å². The lowest BCUT2D eigenvalue weighted by atomic mass is 10.1. The predicted molar refractivity (Wildman–Crippen MR) is 87.0 cm³/mol. The summed E-state index contributed by atoms with van der Waals surface area (Å²) in [7, 11) is 0. The monoisotopic (exact) mass is 297 g/mol. The van der Waals surface area contributed by atoms with Gasteiger partial charge in [0.15, 0.2) is 0 Å². The highest BCUT2D eigenvalue weighted by Gasteiger charge is 2.41. The minimum absolute atomic E-state index is 0.0450. The number of hydrogen-bond donors (Lipinski definition) is 1. The van der Waals surface area contributed by atoms with Crippen LogP contribution in [0.15, 0.2) is 60.7 Å². The van der Waals surface area contributed by atoms with Crippen molar-refractivity contribution in [2.24, 2.45) is 5.73 Å². The Kier molecular flexibility index (Phi) is 4.88. The summed E-state index contributed by atoms with van der Waals surface area (Å²) in [4.78, 5) is 0. The van der Waals surface area contributed by atoms with Gasteiger partial charge < -0.3 is 15.2 Å². The van der Waals surface area contributed by atoms with Crippen LogP contribution in [0.1, 0.15) is 30.4 Å². The molecule has 2 atom stereocenters. The van der Waals surface area contributed by atoms with E-state index in [0.717, 1.165) is 24.8 Å². The zero-order chi connectivity index (χ0) is 15.3. The third kappa shape index (κ3) is 3.74. The van der Waals surface area contributed by atoms with Crippen LogP contribution in [0.3, 0.4) is 0 Å². The molecule has 2 N–H and O–H groups in total. The summed E-state index contributed by atoms with van der Waals surface area (Å²) in [6.07, 6.45) is 2.80. The molecule has 0 bridgehead atoms. The summed E-state index contributed by atoms with van der Waals surface area (Å²) in [5.74, 6) is 0. The quantitative estimate of drug-likeness (QED) is 0.828. The molecule has 2 aromatic carbocycles. The lowest BCUT2D eigenvalue weighted by molar-refractivity contribution is -0.138. The Morgan fingerprint density at radius 1 is 0.909 bits per heavy atom. The first-order chi connectivity index (χ1) is 10.8. The van der Waals surface area contributed by atoms with E-state index in [1.165, 1.54) is 5.56 Å². The molecule has 22 heavy (non-hydrogen) atoms. The first-order valence-corrected chi connectivity index (χ1v) is 7.88. The predicted octanol–water partition coefficient (Wildman–Crippen LogP) is 3.63. The SMILES string of the molecule is N[C@]1(OCc2ccccc2)CCCC1OCc1ccccc1. The maximum atomic E-state index is 6.47. The zero-order valence-electron chi connectivity index (χ0n) is 12.8. The molecule has 0 aliphatic heterocycles. The lowest BCUT2D eigenvalue weighted by Crippen LogP contribution is -2.50. The van der Waals surface area contributed by atoms with Gasteiger partial charge >= 0.3 is 0 Å². The standard InChI is InChI=1S/C19H23NO2/c20-19(22-15-17-10-5-2-6-11-17)13-7-12-18(19)21-14-16-8-3-1-4-9-16/h1-6,8-11,18H,7,12-15,20H2/t18?,19-/m0/s1. The number of benzene rings is 2. The third-order valence-corrected chi connectivity index (χ3v) is 4.22. The van der Waals surface area contributed by atoms with Crippen LogP contribution >= 0.6 is 0 Å². The second-order valence-electron chi connectivity index (χ2n) is 5.91. The lowest BCUT2D eigenvalue weighted by Gasteiger charge is -2.31. The molecule has 0 aromatic heterocycles. The molecule has 0 saturated heterocycles. The van der Waals surface area contributed by atoms with E-state index in [1.807, 2.05) is 36.4 Å². The molecule has 0 heterocycles. The molecule has 1 aliphatic carbocycles. The molecule has 116 valence electrons. The summed E-state index contributed by atoms with van der Waals surface area (Å²) in [5, 5.41) is 0. The fourth-order valence-electron chi connectivity index (χ4n) is 2.92. The van der Waals surface area contributed by atoms with Gasteiger partial charge in [-0.05, 0) is 30.4 Å². The molecule has 1 fully saturated rings. The van der Waals surface area contributed by atoms with Gasteiger partial charge in [0.2, 0.25) is 0 Å². The van der Waals surface area contributed by atoms with Crippen molar-refractivity contribution in [1.82, 2.24) is 0 Å². The van der Waals surface area contributed by atoms with Crippen molar-refractivity contribution >= 4 is 0 Å². The minimum atomic E-state index is -0.676. The van der Waals surface area contributed by atoms with Crippen molar-refractivity contribution in [1.29, 1.82) is 0 Å². The molecule has 0 amide bonds. The molecule has 1 saturated carbocycles. The summed E-state index contributed by atoms with van der Waals surface area (Å²) in [5.41, 5.74) is 8.10. The Bertz CT molecular complexity index is 573. The highest BCUT2D eigenvalue weighted by atomic mass is 16.6. The van der Waals surface area contributed by atoms with Crippen LogP contribution in [0, 0.1) is 0 Å². The molecular formula is C19H23NO2. The van der Waals surface area contributed by atoms with E-state index in [0.29, 0.717) is 13.2 Å². The first kappa shape index (κ1) is 15.2. The van der Waals surface area contributed by atoms with Crippen LogP contribution in [0.5, 0.6) is 0 Å². The number of rotatable bonds is 6. The highest BCUT2D eigenvalue weighted by molar-refractivity contribution is 5.14. The number of nitrogens with two attached hydrogens (primary N) is 1. The van der Waals surface area contributed by atoms with Gasteiger partial charge in [0, 0.05) is 0 Å². The van der Waals surface area contributed by atoms with Crippen LogP contribution in [0.25, 0.3) is 0 Å². The van der Waals surface area contributed by atoms with Crippen molar-refractivity contribution in [2.45, 2.75) is 44.3 Å². The molecule has 1 unspecified atom stereocenters. The summed E-state index contributed by atoms with van der Waals surface area (Å²) >= 11 is 0. The zero-order valence-corrected chi connectivity index (χ0v) is 12.8. The van der Waals surface area contributed by atoms with Crippen LogP contribution in [-0.4, -0.2) is 11.8 Å². The number of ether oxygens (including phenoxy) is 2. The molecule has 0 spiro atoms. The van der Waals surface area contributed by atoms with E-state index in [9.17, 15) is 0 Å². The van der Waals surface area contributed by atoms with Gasteiger partial charge in [-0.25, -0.2) is 0 Å². The van der Waals surface area contributed by atoms with Gasteiger partial charge in [-0.2, -0.15) is 0 Å². The van der Waals surface area contributed by atoms with Gasteiger partial charge in [-0.15, -0.1) is 0 Å². The maximum absolute atomic E-state index is 6.47. The Hall–Kier alpha value is -1.68. The molecular weight excluding hydrogens is 274 g/mol. The average molecular weight is 297 g/mol. The molecule has 3 rings (SSSR count). The molecule has 3 nitrogen and oxygen atoms in total. The van der Waals surface area contributed by atoms with Gasteiger partial charge in [0.1, 0.15) is 11.8 Å². The molecule has 0 radical (unpaired) electrons. The smallest absolute Gasteiger partial charge is 0.143 e. The van der Waals surface area contributed by atoms with E-state index >= 15 is 0 Å². The van der Waals surface area contributed by atoms with E-state index in [2.05, 4.69) is 24.3 Å². The highest BCUT2D eigenvalue weighted by Crippen LogP contribution is 2.32. The fourth-order valence-corrected chi connectivity index (χ4v) is 2.92. The Balaban J connectivity index is 1.57. The largest absolute Gasteiger partial charge is 0.369 e. The maximum Gasteiger partial charge on any atom is 0.143 e. The minimum Gasteiger partial charge on any atom is -0.369 e. The van der Waals surface area contributed by atoms with Gasteiger partial charge in [-0.3, -0.25) is 0 Å². The van der Waals surface area contributed by atoms with E-state index in [-0.39, 0.29) is 6.10 Å². The Morgan fingerprint density at radius 3 is 2.14 bits per heavy atom. The second kappa shape index (κ2) is 7.05. The Labute approximate surface area is 132 Å². The average Bonchev–Trinajstić information content (AvgIpc) is 2.94. The van der Waals surface area contributed by atoms with E-state index < -0.39 is 5.72 Å². The first-order valence-electron chi connectivity index (χ1n) is 7.88. The molecule has 2 aromatic rings.